The van der Waals surface area contributed by atoms with E-state index in [1.165, 1.54) is 12.8 Å². The average Bonchev–Trinajstić information content (AvgIpc) is 2.37. The predicted octanol–water partition coefficient (Wildman–Crippen LogP) is -0.0744. The zero-order valence-corrected chi connectivity index (χ0v) is 12.4. The molecule has 0 amide bonds. The Morgan fingerprint density at radius 3 is 3.00 bits per heavy atom. The maximum atomic E-state index is 5.70. The topological polar surface area (TPSA) is 18.5 Å². The van der Waals surface area contributed by atoms with Crippen LogP contribution in [0.15, 0.2) is 0 Å². The molecule has 1 rings (SSSR count). The van der Waals surface area contributed by atoms with Crippen LogP contribution < -0.4 is 0 Å². The molecule has 0 N–H and O–H groups in total. The molecule has 4 heteroatoms. The molecule has 2 unspecified atom stereocenters. The first-order valence-corrected chi connectivity index (χ1v) is 15.0. The van der Waals surface area contributed by atoms with Crippen molar-refractivity contribution in [1.29, 1.82) is 0 Å². The van der Waals surface area contributed by atoms with Crippen molar-refractivity contribution >= 4 is 49.2 Å². The zero-order chi connectivity index (χ0) is 7.40. The molecule has 0 bridgehead atoms. The second kappa shape index (κ2) is 5.62. The van der Waals surface area contributed by atoms with E-state index in [4.69, 9.17) is 9.47 Å². The molecule has 2 nitrogen and oxygen atoms in total. The molecule has 0 spiro atoms. The van der Waals surface area contributed by atoms with Gasteiger partial charge in [-0.15, -0.1) is 0 Å². The molecule has 55 valence electrons. The minimum absolute atomic E-state index is 0.417. The molecule has 0 aliphatic carbocycles. The van der Waals surface area contributed by atoms with Crippen LogP contribution >= 0.6 is 0 Å². The molecule has 10 heavy (non-hydrogen) atoms. The molecule has 1 saturated heterocycles. The molecule has 0 aromatic rings. The molecule has 0 aromatic carbocycles. The monoisotopic (exact) mass is 333 g/mol. The van der Waals surface area contributed by atoms with E-state index in [-0.39, 0.29) is 0 Å². The Kier molecular flexibility index (Phi) is 5.67. The van der Waals surface area contributed by atoms with Gasteiger partial charge in [-0.3, -0.25) is 0 Å². The van der Waals surface area contributed by atoms with Gasteiger partial charge in [0.05, 0.1) is 0 Å². The molecule has 1 aliphatic heterocycles. The average molecular weight is 331 g/mol. The zero-order valence-electron chi connectivity index (χ0n) is 6.21. The van der Waals surface area contributed by atoms with Gasteiger partial charge in [0.2, 0.25) is 0 Å². The third-order valence-corrected chi connectivity index (χ3v) is 9.18. The van der Waals surface area contributed by atoms with Gasteiger partial charge in [-0.05, 0) is 0 Å². The SMILES string of the molecule is COCC1CCC([Se][Ba])O1. The van der Waals surface area contributed by atoms with Crippen LogP contribution in [0.4, 0.5) is 0 Å². The fourth-order valence-electron chi connectivity index (χ4n) is 1.10. The van der Waals surface area contributed by atoms with Crippen molar-refractivity contribution in [1.82, 2.24) is 0 Å². The summed E-state index contributed by atoms with van der Waals surface area (Å²) in [6.07, 6.45) is 3.78. The Hall–Kier alpha value is 2.01. The van der Waals surface area contributed by atoms with E-state index >= 15 is 0 Å². The van der Waals surface area contributed by atoms with E-state index in [1.807, 2.05) is 0 Å². The van der Waals surface area contributed by atoms with Gasteiger partial charge in [0.15, 0.2) is 0 Å². The van der Waals surface area contributed by atoms with Crippen LogP contribution in [0.5, 0.6) is 0 Å². The summed E-state index contributed by atoms with van der Waals surface area (Å²) in [7, 11) is 1.74. The number of rotatable bonds is 3. The van der Waals surface area contributed by atoms with Crippen molar-refractivity contribution in [2.45, 2.75) is 23.9 Å². The fraction of sp³-hybridized carbons (Fsp3) is 1.00. The van der Waals surface area contributed by atoms with Gasteiger partial charge in [-0.25, -0.2) is 0 Å². The quantitative estimate of drug-likeness (QED) is 0.674. The number of hydrogen-bond donors (Lipinski definition) is 0. The molecule has 1 heterocycles. The number of hydrogen-bond acceptors (Lipinski definition) is 2. The molecule has 1 aliphatic rings. The van der Waals surface area contributed by atoms with Crippen molar-refractivity contribution < 1.29 is 9.47 Å². The molecular weight excluding hydrogens is 320 g/mol. The van der Waals surface area contributed by atoms with E-state index in [0.29, 0.717) is 11.1 Å². The first kappa shape index (κ1) is 10.1. The van der Waals surface area contributed by atoms with Crippen molar-refractivity contribution in [2.75, 3.05) is 13.7 Å². The third-order valence-electron chi connectivity index (χ3n) is 1.61. The summed E-state index contributed by atoms with van der Waals surface area (Å²) in [6, 6.07) is 0. The van der Waals surface area contributed by atoms with E-state index < -0.39 is 0 Å². The van der Waals surface area contributed by atoms with E-state index in [1.54, 1.807) is 7.11 Å². The van der Waals surface area contributed by atoms with Crippen LogP contribution in [-0.2, 0) is 9.47 Å². The summed E-state index contributed by atoms with van der Waals surface area (Å²) in [5, 5.41) is 0.649. The first-order valence-electron chi connectivity index (χ1n) is 3.42. The second-order valence-electron chi connectivity index (χ2n) is 2.39. The third kappa shape index (κ3) is 3.17. The second-order valence-corrected chi connectivity index (χ2v) is 9.63. The Labute approximate surface area is 94.6 Å². The summed E-state index contributed by atoms with van der Waals surface area (Å²) in [6.45, 7) is 0.792. The Morgan fingerprint density at radius 1 is 1.70 bits per heavy atom. The van der Waals surface area contributed by atoms with Gasteiger partial charge in [-0.2, -0.15) is 0 Å². The molecule has 0 aromatic heterocycles. The number of methoxy groups -OCH3 is 1. The summed E-state index contributed by atoms with van der Waals surface area (Å²) in [4.78, 5) is 0. The van der Waals surface area contributed by atoms with Gasteiger partial charge in [0.25, 0.3) is 0 Å². The van der Waals surface area contributed by atoms with Crippen LogP contribution in [0.1, 0.15) is 12.8 Å². The summed E-state index contributed by atoms with van der Waals surface area (Å²) < 4.78 is 10.7. The molecular formula is C6H11BaO2Se. The number of ether oxygens (including phenoxy) is 2. The first-order chi connectivity index (χ1) is 4.86. The van der Waals surface area contributed by atoms with Crippen LogP contribution in [-0.4, -0.2) is 74.1 Å². The summed E-state index contributed by atoms with van der Waals surface area (Å²) in [5.41, 5.74) is 0. The van der Waals surface area contributed by atoms with Crippen LogP contribution in [0.2, 0.25) is 0 Å². The van der Waals surface area contributed by atoms with Gasteiger partial charge in [0.1, 0.15) is 0 Å². The van der Waals surface area contributed by atoms with Crippen LogP contribution in [0, 0.1) is 0 Å². The van der Waals surface area contributed by atoms with Gasteiger partial charge >= 0.3 is 96.4 Å². The van der Waals surface area contributed by atoms with E-state index in [0.717, 1.165) is 55.9 Å². The Balaban J connectivity index is 2.15. The Bertz CT molecular complexity index is 102. The fourth-order valence-corrected chi connectivity index (χ4v) is 6.23. The molecule has 1 radical (unpaired) electrons. The predicted molar refractivity (Wildman–Crippen MR) is 41.3 cm³/mol. The maximum absolute atomic E-state index is 5.70. The molecule has 2 atom stereocenters. The normalized spacial score (nSPS) is 32.8. The van der Waals surface area contributed by atoms with Crippen LogP contribution in [0.25, 0.3) is 0 Å². The summed E-state index contributed by atoms with van der Waals surface area (Å²) >= 11 is 0.961. The van der Waals surface area contributed by atoms with E-state index in [9.17, 15) is 0 Å². The molecule has 0 saturated carbocycles. The van der Waals surface area contributed by atoms with Gasteiger partial charge in [-0.1, -0.05) is 0 Å². The standard InChI is InChI=1S/C6H12O2Se.Ba/c1-7-4-5-2-3-6(9)8-5;/h5-6,9H,2-4H2,1H3;/q;+1/p-1. The summed E-state index contributed by atoms with van der Waals surface area (Å²) in [5.74, 6) is 0. The van der Waals surface area contributed by atoms with Crippen molar-refractivity contribution in [3.05, 3.63) is 0 Å². The van der Waals surface area contributed by atoms with E-state index in [2.05, 4.69) is 0 Å². The van der Waals surface area contributed by atoms with Gasteiger partial charge < -0.3 is 0 Å². The Morgan fingerprint density at radius 2 is 2.50 bits per heavy atom. The van der Waals surface area contributed by atoms with Gasteiger partial charge in [0, 0.05) is 0 Å². The molecule has 1 fully saturated rings. The van der Waals surface area contributed by atoms with Crippen molar-refractivity contribution in [3.8, 4) is 0 Å². The van der Waals surface area contributed by atoms with Crippen LogP contribution in [0.3, 0.4) is 0 Å². The van der Waals surface area contributed by atoms with Crippen molar-refractivity contribution in [3.63, 3.8) is 0 Å². The minimum atomic E-state index is 0.417. The van der Waals surface area contributed by atoms with Crippen molar-refractivity contribution in [2.24, 2.45) is 0 Å².